The minimum atomic E-state index is -0.0557. The first kappa shape index (κ1) is 18.6. The third-order valence-electron chi connectivity index (χ3n) is 5.17. The Morgan fingerprint density at radius 3 is 3.00 bits per heavy atom. The van der Waals surface area contributed by atoms with E-state index in [1.807, 2.05) is 17.7 Å². The van der Waals surface area contributed by atoms with Crippen LogP contribution in [0.15, 0.2) is 16.7 Å². The van der Waals surface area contributed by atoms with Crippen LogP contribution < -0.4 is 5.32 Å². The Hall–Kier alpha value is -2.15. The Labute approximate surface area is 154 Å². The van der Waals surface area contributed by atoms with E-state index in [0.29, 0.717) is 12.2 Å². The van der Waals surface area contributed by atoms with Crippen molar-refractivity contribution >= 4 is 5.91 Å². The second kappa shape index (κ2) is 8.49. The summed E-state index contributed by atoms with van der Waals surface area (Å²) in [7, 11) is 3.62. The molecule has 1 aliphatic heterocycles. The Bertz CT molecular complexity index is 736. The molecule has 1 fully saturated rings. The lowest BCUT2D eigenvalue weighted by Gasteiger charge is -2.35. The summed E-state index contributed by atoms with van der Waals surface area (Å²) in [6.07, 6.45) is 6.47. The van der Waals surface area contributed by atoms with Crippen molar-refractivity contribution in [2.75, 3.05) is 13.6 Å². The number of aromatic nitrogens is 3. The average Bonchev–Trinajstić information content (AvgIpc) is 3.26. The maximum Gasteiger partial charge on any atom is 0.267 e. The summed E-state index contributed by atoms with van der Waals surface area (Å²) in [5, 5.41) is 6.86. The van der Waals surface area contributed by atoms with Gasteiger partial charge in [-0.05, 0) is 37.9 Å². The number of likely N-dealkylation sites (tertiary alicyclic amines) is 1. The van der Waals surface area contributed by atoms with Crippen LogP contribution in [0, 0.1) is 0 Å². The van der Waals surface area contributed by atoms with Gasteiger partial charge in [-0.2, -0.15) is 4.98 Å². The van der Waals surface area contributed by atoms with Gasteiger partial charge in [0.2, 0.25) is 5.89 Å². The average molecular weight is 359 g/mol. The van der Waals surface area contributed by atoms with Crippen LogP contribution in [-0.4, -0.2) is 39.1 Å². The number of rotatable bonds is 7. The van der Waals surface area contributed by atoms with Crippen LogP contribution in [0.5, 0.6) is 0 Å². The molecule has 3 rings (SSSR count). The minimum Gasteiger partial charge on any atom is -0.354 e. The van der Waals surface area contributed by atoms with Crippen LogP contribution in [0.3, 0.4) is 0 Å². The van der Waals surface area contributed by atoms with Gasteiger partial charge in [-0.15, -0.1) is 0 Å². The first-order valence-corrected chi connectivity index (χ1v) is 9.57. The Balaban J connectivity index is 1.75. The summed E-state index contributed by atoms with van der Waals surface area (Å²) >= 11 is 0. The van der Waals surface area contributed by atoms with Crippen LogP contribution in [0.4, 0.5) is 0 Å². The number of piperidine rings is 1. The Morgan fingerprint density at radius 1 is 1.38 bits per heavy atom. The van der Waals surface area contributed by atoms with Crippen LogP contribution in [0.25, 0.3) is 0 Å². The molecule has 1 N–H and O–H groups in total. The molecule has 0 saturated carbocycles. The monoisotopic (exact) mass is 359 g/mol. The molecule has 7 nitrogen and oxygen atoms in total. The summed E-state index contributed by atoms with van der Waals surface area (Å²) in [5.74, 6) is 1.43. The molecule has 0 aromatic carbocycles. The number of unbranched alkanes of at least 4 members (excludes halogenated alkanes) is 1. The van der Waals surface area contributed by atoms with Gasteiger partial charge in [-0.1, -0.05) is 24.9 Å². The van der Waals surface area contributed by atoms with Crippen molar-refractivity contribution in [1.82, 2.24) is 24.9 Å². The van der Waals surface area contributed by atoms with Gasteiger partial charge in [-0.25, -0.2) is 0 Å². The van der Waals surface area contributed by atoms with E-state index in [-0.39, 0.29) is 11.9 Å². The van der Waals surface area contributed by atoms with E-state index in [4.69, 9.17) is 4.52 Å². The molecule has 0 spiro atoms. The lowest BCUT2D eigenvalue weighted by Crippen LogP contribution is -2.34. The molecule has 1 aliphatic rings. The molecule has 2 aromatic rings. The van der Waals surface area contributed by atoms with Crippen molar-refractivity contribution in [3.05, 3.63) is 35.2 Å². The van der Waals surface area contributed by atoms with Crippen molar-refractivity contribution < 1.29 is 9.32 Å². The topological polar surface area (TPSA) is 76.2 Å². The largest absolute Gasteiger partial charge is 0.354 e. The summed E-state index contributed by atoms with van der Waals surface area (Å²) in [6, 6.07) is 4.24. The maximum absolute atomic E-state index is 12.0. The van der Waals surface area contributed by atoms with E-state index in [1.54, 1.807) is 7.05 Å². The summed E-state index contributed by atoms with van der Waals surface area (Å²) < 4.78 is 7.38. The SMILES string of the molecule is CCCCc1nc(CN2CCCC[C@@H]2c2ccc(C(=O)NC)n2C)no1. The quantitative estimate of drug-likeness (QED) is 0.823. The van der Waals surface area contributed by atoms with Gasteiger partial charge in [-0.3, -0.25) is 9.69 Å². The van der Waals surface area contributed by atoms with Gasteiger partial charge < -0.3 is 14.4 Å². The number of nitrogens with zero attached hydrogens (tertiary/aromatic N) is 4. The predicted molar refractivity (Wildman–Crippen MR) is 98.7 cm³/mol. The minimum absolute atomic E-state index is 0.0557. The lowest BCUT2D eigenvalue weighted by atomic mass is 9.99. The molecule has 7 heteroatoms. The van der Waals surface area contributed by atoms with Crippen molar-refractivity contribution in [1.29, 1.82) is 0 Å². The molecule has 0 bridgehead atoms. The zero-order chi connectivity index (χ0) is 18.5. The van der Waals surface area contributed by atoms with E-state index >= 15 is 0 Å². The highest BCUT2D eigenvalue weighted by atomic mass is 16.5. The normalized spacial score (nSPS) is 18.2. The molecule has 2 aromatic heterocycles. The molecule has 0 aliphatic carbocycles. The molecule has 142 valence electrons. The summed E-state index contributed by atoms with van der Waals surface area (Å²) in [6.45, 7) is 3.84. The number of amides is 1. The fraction of sp³-hybridized carbons (Fsp3) is 0.632. The van der Waals surface area contributed by atoms with Crippen LogP contribution in [0.1, 0.15) is 73.0 Å². The number of hydrogen-bond donors (Lipinski definition) is 1. The third kappa shape index (κ3) is 3.98. The van der Waals surface area contributed by atoms with Crippen LogP contribution >= 0.6 is 0 Å². The highest BCUT2D eigenvalue weighted by Gasteiger charge is 2.28. The van der Waals surface area contributed by atoms with Gasteiger partial charge in [0.05, 0.1) is 12.6 Å². The molecule has 26 heavy (non-hydrogen) atoms. The number of carbonyl (C=O) groups is 1. The Morgan fingerprint density at radius 2 is 2.23 bits per heavy atom. The van der Waals surface area contributed by atoms with Crippen LogP contribution in [-0.2, 0) is 20.0 Å². The van der Waals surface area contributed by atoms with Crippen molar-refractivity contribution in [3.8, 4) is 0 Å². The van der Waals surface area contributed by atoms with Crippen molar-refractivity contribution in [2.24, 2.45) is 7.05 Å². The first-order valence-electron chi connectivity index (χ1n) is 9.57. The highest BCUT2D eigenvalue weighted by Crippen LogP contribution is 2.32. The van der Waals surface area contributed by atoms with E-state index in [9.17, 15) is 4.79 Å². The van der Waals surface area contributed by atoms with Gasteiger partial charge in [0.25, 0.3) is 5.91 Å². The molecule has 1 saturated heterocycles. The molecule has 1 atom stereocenters. The maximum atomic E-state index is 12.0. The van der Waals surface area contributed by atoms with E-state index in [0.717, 1.165) is 49.6 Å². The van der Waals surface area contributed by atoms with Crippen LogP contribution in [0.2, 0.25) is 0 Å². The van der Waals surface area contributed by atoms with Gasteiger partial charge in [0, 0.05) is 26.2 Å². The number of aryl methyl sites for hydroxylation is 1. The molecular formula is C19H29N5O2. The van der Waals surface area contributed by atoms with E-state index in [2.05, 4.69) is 33.3 Å². The standard InChI is InChI=1S/C19H29N5O2/c1-4-5-9-18-21-17(22-26-18)13-24-12-7-6-8-15(24)14-10-11-16(23(14)3)19(25)20-2/h10-11,15H,4-9,12-13H2,1-3H3,(H,20,25)/t15-/m1/s1. The molecule has 0 radical (unpaired) electrons. The zero-order valence-corrected chi connectivity index (χ0v) is 16.0. The third-order valence-corrected chi connectivity index (χ3v) is 5.17. The molecule has 1 amide bonds. The fourth-order valence-electron chi connectivity index (χ4n) is 3.70. The van der Waals surface area contributed by atoms with Crippen molar-refractivity contribution in [2.45, 2.75) is 58.0 Å². The number of carbonyl (C=O) groups excluding carboxylic acids is 1. The first-order chi connectivity index (χ1) is 12.6. The van der Waals surface area contributed by atoms with Gasteiger partial charge in [0.1, 0.15) is 5.69 Å². The van der Waals surface area contributed by atoms with Gasteiger partial charge in [0.15, 0.2) is 5.82 Å². The Kier molecular flexibility index (Phi) is 6.08. The smallest absolute Gasteiger partial charge is 0.267 e. The zero-order valence-electron chi connectivity index (χ0n) is 16.0. The number of nitrogens with one attached hydrogen (secondary N) is 1. The molecule has 3 heterocycles. The predicted octanol–water partition coefficient (Wildman–Crippen LogP) is 2.84. The van der Waals surface area contributed by atoms with Gasteiger partial charge >= 0.3 is 0 Å². The molecule has 0 unspecified atom stereocenters. The lowest BCUT2D eigenvalue weighted by molar-refractivity contribution is 0.0952. The second-order valence-corrected chi connectivity index (χ2v) is 6.97. The van der Waals surface area contributed by atoms with E-state index in [1.165, 1.54) is 12.8 Å². The second-order valence-electron chi connectivity index (χ2n) is 6.97. The molecular weight excluding hydrogens is 330 g/mol. The highest BCUT2D eigenvalue weighted by molar-refractivity contribution is 5.92. The van der Waals surface area contributed by atoms with E-state index < -0.39 is 0 Å². The summed E-state index contributed by atoms with van der Waals surface area (Å²) in [4.78, 5) is 19.0. The fourth-order valence-corrected chi connectivity index (χ4v) is 3.70. The van der Waals surface area contributed by atoms with Crippen molar-refractivity contribution in [3.63, 3.8) is 0 Å². The number of hydrogen-bond acceptors (Lipinski definition) is 5. The summed E-state index contributed by atoms with van der Waals surface area (Å²) in [5.41, 5.74) is 1.85.